The molecule has 0 bridgehead atoms. The molecule has 2 N–H and O–H groups in total. The summed E-state index contributed by atoms with van der Waals surface area (Å²) in [5, 5.41) is 3.15. The molecule has 2 rings (SSSR count). The Bertz CT molecular complexity index is 836. The van der Waals surface area contributed by atoms with Gasteiger partial charge >= 0.3 is 0 Å². The Morgan fingerprint density at radius 1 is 1.16 bits per heavy atom. The van der Waals surface area contributed by atoms with Crippen molar-refractivity contribution in [2.45, 2.75) is 24.8 Å². The minimum absolute atomic E-state index is 0.134. The predicted molar refractivity (Wildman–Crippen MR) is 97.5 cm³/mol. The minimum atomic E-state index is -3.56. The summed E-state index contributed by atoms with van der Waals surface area (Å²) in [6.45, 7) is 3.30. The van der Waals surface area contributed by atoms with Gasteiger partial charge < -0.3 is 10.1 Å². The molecule has 0 atom stereocenters. The van der Waals surface area contributed by atoms with Crippen molar-refractivity contribution >= 4 is 33.2 Å². The van der Waals surface area contributed by atoms with Crippen LogP contribution in [0.25, 0.3) is 0 Å². The third-order valence-electron chi connectivity index (χ3n) is 3.01. The Kier molecular flexibility index (Phi) is 6.41. The summed E-state index contributed by atoms with van der Waals surface area (Å²) >= 11 is 5.84. The molecule has 0 unspecified atom stereocenters. The molecule has 25 heavy (non-hydrogen) atoms. The number of hydrogen-bond acceptors (Lipinski definition) is 4. The minimum Gasteiger partial charge on any atom is -0.484 e. The van der Waals surface area contributed by atoms with Gasteiger partial charge in [0.15, 0.2) is 6.61 Å². The number of carbonyl (C=O) groups is 1. The SMILES string of the molecule is CC(C)NS(=O)(=O)c1ccc(NC(=O)COc2cccc(Cl)c2)cc1. The third-order valence-corrected chi connectivity index (χ3v) is 4.91. The third kappa shape index (κ3) is 6.04. The van der Waals surface area contributed by atoms with E-state index in [-0.39, 0.29) is 23.5 Å². The van der Waals surface area contributed by atoms with Crippen LogP contribution in [0.1, 0.15) is 13.8 Å². The Balaban J connectivity index is 1.93. The molecule has 8 heteroatoms. The molecule has 0 spiro atoms. The van der Waals surface area contributed by atoms with Gasteiger partial charge in [-0.25, -0.2) is 13.1 Å². The summed E-state index contributed by atoms with van der Waals surface area (Å²) in [6.07, 6.45) is 0. The number of ether oxygens (including phenoxy) is 1. The van der Waals surface area contributed by atoms with Gasteiger partial charge in [-0.1, -0.05) is 17.7 Å². The highest BCUT2D eigenvalue weighted by Crippen LogP contribution is 2.17. The zero-order valence-corrected chi connectivity index (χ0v) is 15.4. The monoisotopic (exact) mass is 382 g/mol. The van der Waals surface area contributed by atoms with Crippen LogP contribution in [0.3, 0.4) is 0 Å². The first-order valence-electron chi connectivity index (χ1n) is 7.57. The maximum atomic E-state index is 12.0. The summed E-state index contributed by atoms with van der Waals surface area (Å²) in [5.41, 5.74) is 0.475. The molecule has 134 valence electrons. The molecule has 2 aromatic rings. The van der Waals surface area contributed by atoms with Crippen molar-refractivity contribution < 1.29 is 17.9 Å². The number of rotatable bonds is 7. The van der Waals surface area contributed by atoms with E-state index in [1.54, 1.807) is 38.1 Å². The van der Waals surface area contributed by atoms with Crippen LogP contribution in [-0.2, 0) is 14.8 Å². The number of amides is 1. The van der Waals surface area contributed by atoms with Gasteiger partial charge in [-0.2, -0.15) is 0 Å². The normalized spacial score (nSPS) is 11.4. The molecular formula is C17H19ClN2O4S. The standard InChI is InChI=1S/C17H19ClN2O4S/c1-12(2)20-25(22,23)16-8-6-14(7-9-16)19-17(21)11-24-15-5-3-4-13(18)10-15/h3-10,12,20H,11H2,1-2H3,(H,19,21). The van der Waals surface area contributed by atoms with Crippen LogP contribution in [0.4, 0.5) is 5.69 Å². The first-order valence-corrected chi connectivity index (χ1v) is 9.43. The van der Waals surface area contributed by atoms with Crippen LogP contribution in [-0.4, -0.2) is 27.0 Å². The fraction of sp³-hybridized carbons (Fsp3) is 0.235. The van der Waals surface area contributed by atoms with Gasteiger partial charge in [0.2, 0.25) is 10.0 Å². The second-order valence-electron chi connectivity index (χ2n) is 5.59. The average Bonchev–Trinajstić information content (AvgIpc) is 2.52. The van der Waals surface area contributed by atoms with Crippen LogP contribution in [0.15, 0.2) is 53.4 Å². The van der Waals surface area contributed by atoms with E-state index in [0.29, 0.717) is 16.5 Å². The predicted octanol–water partition coefficient (Wildman–Crippen LogP) is 3.04. The van der Waals surface area contributed by atoms with Crippen LogP contribution in [0.2, 0.25) is 5.02 Å². The van der Waals surface area contributed by atoms with Gasteiger partial charge in [0.25, 0.3) is 5.91 Å². The number of sulfonamides is 1. The van der Waals surface area contributed by atoms with Crippen molar-refractivity contribution in [3.05, 3.63) is 53.6 Å². The molecule has 0 fully saturated rings. The fourth-order valence-electron chi connectivity index (χ4n) is 2.00. The van der Waals surface area contributed by atoms with Crippen LogP contribution < -0.4 is 14.8 Å². The van der Waals surface area contributed by atoms with Gasteiger partial charge in [0.05, 0.1) is 4.90 Å². The number of carbonyl (C=O) groups excluding carboxylic acids is 1. The van der Waals surface area contributed by atoms with Crippen LogP contribution in [0, 0.1) is 0 Å². The molecule has 0 saturated heterocycles. The molecule has 2 aromatic carbocycles. The van der Waals surface area contributed by atoms with Gasteiger partial charge in [-0.05, 0) is 56.3 Å². The molecule has 0 aliphatic carbocycles. The second kappa shape index (κ2) is 8.33. The molecule has 0 radical (unpaired) electrons. The smallest absolute Gasteiger partial charge is 0.262 e. The van der Waals surface area contributed by atoms with Crippen molar-refractivity contribution in [3.8, 4) is 5.75 Å². The molecule has 0 aliphatic heterocycles. The van der Waals surface area contributed by atoms with Crippen molar-refractivity contribution in [1.82, 2.24) is 4.72 Å². The van der Waals surface area contributed by atoms with Gasteiger partial charge in [-0.3, -0.25) is 4.79 Å². The number of nitrogens with one attached hydrogen (secondary N) is 2. The molecule has 0 aromatic heterocycles. The first-order chi connectivity index (χ1) is 11.8. The largest absolute Gasteiger partial charge is 0.484 e. The summed E-state index contributed by atoms with van der Waals surface area (Å²) in [6, 6.07) is 12.4. The summed E-state index contributed by atoms with van der Waals surface area (Å²) in [5.74, 6) is 0.125. The molecular weight excluding hydrogens is 364 g/mol. The zero-order valence-electron chi connectivity index (χ0n) is 13.8. The zero-order chi connectivity index (χ0) is 18.4. The maximum absolute atomic E-state index is 12.0. The van der Waals surface area contributed by atoms with E-state index in [9.17, 15) is 13.2 Å². The molecule has 1 amide bonds. The molecule has 0 heterocycles. The van der Waals surface area contributed by atoms with Crippen molar-refractivity contribution in [2.75, 3.05) is 11.9 Å². The van der Waals surface area contributed by atoms with Gasteiger partial charge in [0.1, 0.15) is 5.75 Å². The number of halogens is 1. The molecule has 0 saturated carbocycles. The Labute approximate surface area is 152 Å². The first kappa shape index (κ1) is 19.2. The van der Waals surface area contributed by atoms with Crippen molar-refractivity contribution in [3.63, 3.8) is 0 Å². The lowest BCUT2D eigenvalue weighted by Gasteiger charge is -2.11. The van der Waals surface area contributed by atoms with E-state index in [2.05, 4.69) is 10.0 Å². The van der Waals surface area contributed by atoms with E-state index in [0.717, 1.165) is 0 Å². The topological polar surface area (TPSA) is 84.5 Å². The lowest BCUT2D eigenvalue weighted by Crippen LogP contribution is -2.30. The maximum Gasteiger partial charge on any atom is 0.262 e. The molecule has 6 nitrogen and oxygen atoms in total. The number of anilines is 1. The summed E-state index contributed by atoms with van der Waals surface area (Å²) < 4.78 is 31.9. The summed E-state index contributed by atoms with van der Waals surface area (Å²) in [4.78, 5) is 12.0. The lowest BCUT2D eigenvalue weighted by molar-refractivity contribution is -0.118. The van der Waals surface area contributed by atoms with Crippen LogP contribution in [0.5, 0.6) is 5.75 Å². The highest BCUT2D eigenvalue weighted by Gasteiger charge is 2.15. The summed E-state index contributed by atoms with van der Waals surface area (Å²) in [7, 11) is -3.56. The van der Waals surface area contributed by atoms with Crippen molar-refractivity contribution in [1.29, 1.82) is 0 Å². The Morgan fingerprint density at radius 3 is 2.44 bits per heavy atom. The highest BCUT2D eigenvalue weighted by atomic mass is 35.5. The van der Waals surface area contributed by atoms with Crippen molar-refractivity contribution in [2.24, 2.45) is 0 Å². The van der Waals surface area contributed by atoms with E-state index in [1.165, 1.54) is 24.3 Å². The van der Waals surface area contributed by atoms with E-state index >= 15 is 0 Å². The quantitative estimate of drug-likeness (QED) is 0.770. The number of benzene rings is 2. The van der Waals surface area contributed by atoms with Gasteiger partial charge in [-0.15, -0.1) is 0 Å². The number of hydrogen-bond donors (Lipinski definition) is 2. The highest BCUT2D eigenvalue weighted by molar-refractivity contribution is 7.89. The van der Waals surface area contributed by atoms with E-state index in [4.69, 9.17) is 16.3 Å². The van der Waals surface area contributed by atoms with Crippen LogP contribution >= 0.6 is 11.6 Å². The second-order valence-corrected chi connectivity index (χ2v) is 7.75. The average molecular weight is 383 g/mol. The molecule has 0 aliphatic rings. The van der Waals surface area contributed by atoms with E-state index in [1.807, 2.05) is 0 Å². The van der Waals surface area contributed by atoms with Gasteiger partial charge in [0, 0.05) is 16.8 Å². The fourth-order valence-corrected chi connectivity index (χ4v) is 3.43. The Hall–Kier alpha value is -2.09. The lowest BCUT2D eigenvalue weighted by atomic mass is 10.3. The van der Waals surface area contributed by atoms with E-state index < -0.39 is 10.0 Å². The Morgan fingerprint density at radius 2 is 1.84 bits per heavy atom.